The van der Waals surface area contributed by atoms with Crippen LogP contribution in [0.25, 0.3) is 0 Å². The maximum Gasteiger partial charge on any atom is 0.119 e. The maximum atomic E-state index is 6.03. The van der Waals surface area contributed by atoms with Crippen molar-refractivity contribution in [2.75, 3.05) is 7.11 Å². The topological polar surface area (TPSA) is 44.5 Å². The van der Waals surface area contributed by atoms with Crippen molar-refractivity contribution in [3.63, 3.8) is 0 Å². The van der Waals surface area contributed by atoms with E-state index in [4.69, 9.17) is 15.2 Å². The third kappa shape index (κ3) is 1.49. The molecule has 2 atom stereocenters. The van der Waals surface area contributed by atoms with Crippen LogP contribution >= 0.6 is 0 Å². The molecule has 3 nitrogen and oxygen atoms in total. The Morgan fingerprint density at radius 3 is 3.00 bits per heavy atom. The van der Waals surface area contributed by atoms with Crippen molar-refractivity contribution >= 4 is 0 Å². The lowest BCUT2D eigenvalue weighted by atomic mass is 9.95. The molecule has 1 unspecified atom stereocenters. The quantitative estimate of drug-likeness (QED) is 0.737. The summed E-state index contributed by atoms with van der Waals surface area (Å²) in [5.74, 6) is 0.855. The molecule has 14 heavy (non-hydrogen) atoms. The molecule has 1 aliphatic rings. The van der Waals surface area contributed by atoms with Gasteiger partial charge in [-0.2, -0.15) is 0 Å². The van der Waals surface area contributed by atoms with Gasteiger partial charge in [0.2, 0.25) is 0 Å². The molecule has 1 aromatic rings. The lowest BCUT2D eigenvalue weighted by molar-refractivity contribution is 0.0213. The Kier molecular flexibility index (Phi) is 2.44. The summed E-state index contributed by atoms with van der Waals surface area (Å²) in [5, 5.41) is 0. The zero-order valence-electron chi connectivity index (χ0n) is 8.49. The molecule has 0 amide bonds. The molecular weight excluding hydrogens is 178 g/mol. The van der Waals surface area contributed by atoms with Crippen molar-refractivity contribution in [2.24, 2.45) is 5.73 Å². The number of hydrogen-bond donors (Lipinski definition) is 1. The van der Waals surface area contributed by atoms with E-state index in [9.17, 15) is 0 Å². The van der Waals surface area contributed by atoms with E-state index in [0.29, 0.717) is 6.61 Å². The van der Waals surface area contributed by atoms with Crippen LogP contribution in [0.2, 0.25) is 0 Å². The van der Waals surface area contributed by atoms with Gasteiger partial charge in [-0.15, -0.1) is 0 Å². The molecule has 0 fully saturated rings. The molecule has 0 radical (unpaired) electrons. The number of benzene rings is 1. The van der Waals surface area contributed by atoms with Gasteiger partial charge in [0.25, 0.3) is 0 Å². The van der Waals surface area contributed by atoms with Gasteiger partial charge in [0.05, 0.1) is 25.9 Å². The first-order valence-corrected chi connectivity index (χ1v) is 4.76. The predicted molar refractivity (Wildman–Crippen MR) is 54.2 cm³/mol. The van der Waals surface area contributed by atoms with Gasteiger partial charge in [-0.3, -0.25) is 0 Å². The van der Waals surface area contributed by atoms with E-state index in [1.165, 1.54) is 0 Å². The number of nitrogens with two attached hydrogens (primary N) is 1. The zero-order valence-corrected chi connectivity index (χ0v) is 8.49. The molecule has 2 N–H and O–H groups in total. The number of hydrogen-bond acceptors (Lipinski definition) is 3. The summed E-state index contributed by atoms with van der Waals surface area (Å²) in [6.07, 6.45) is 0.0783. The van der Waals surface area contributed by atoms with E-state index < -0.39 is 0 Å². The molecule has 0 aliphatic carbocycles. The van der Waals surface area contributed by atoms with Crippen LogP contribution in [0, 0.1) is 0 Å². The average molecular weight is 193 g/mol. The third-order valence-electron chi connectivity index (χ3n) is 2.72. The summed E-state index contributed by atoms with van der Waals surface area (Å²) in [5.41, 5.74) is 8.34. The molecular formula is C11H15NO2. The Hall–Kier alpha value is -1.06. The van der Waals surface area contributed by atoms with E-state index in [1.54, 1.807) is 7.11 Å². The maximum absolute atomic E-state index is 6.03. The first kappa shape index (κ1) is 9.49. The van der Waals surface area contributed by atoms with Crippen LogP contribution in [0.3, 0.4) is 0 Å². The molecule has 2 rings (SSSR count). The number of rotatable bonds is 1. The summed E-state index contributed by atoms with van der Waals surface area (Å²) in [6.45, 7) is 2.64. The van der Waals surface area contributed by atoms with Crippen molar-refractivity contribution in [2.45, 2.75) is 25.7 Å². The van der Waals surface area contributed by atoms with Crippen molar-refractivity contribution in [1.82, 2.24) is 0 Å². The van der Waals surface area contributed by atoms with Crippen LogP contribution in [-0.4, -0.2) is 13.2 Å². The highest BCUT2D eigenvalue weighted by atomic mass is 16.5. The molecule has 76 valence electrons. The standard InChI is InChI=1S/C11H15NO2/c1-7-11(12)10-5-9(13-2)4-3-8(10)6-14-7/h3-5,7,11H,6,12H2,1-2H3/t7-,11?/m0/s1. The predicted octanol–water partition coefficient (Wildman–Crippen LogP) is 1.61. The van der Waals surface area contributed by atoms with Crippen LogP contribution in [-0.2, 0) is 11.3 Å². The van der Waals surface area contributed by atoms with Gasteiger partial charge in [-0.05, 0) is 30.2 Å². The first-order valence-electron chi connectivity index (χ1n) is 4.76. The van der Waals surface area contributed by atoms with Crippen LogP contribution in [0.4, 0.5) is 0 Å². The van der Waals surface area contributed by atoms with E-state index in [0.717, 1.165) is 16.9 Å². The highest BCUT2D eigenvalue weighted by Crippen LogP contribution is 2.30. The minimum absolute atomic E-state index is 0.0474. The Labute approximate surface area is 83.8 Å². The largest absolute Gasteiger partial charge is 0.497 e. The van der Waals surface area contributed by atoms with E-state index in [1.807, 2.05) is 25.1 Å². The molecule has 0 spiro atoms. The minimum atomic E-state index is -0.0474. The van der Waals surface area contributed by atoms with E-state index in [2.05, 4.69) is 0 Å². The fourth-order valence-electron chi connectivity index (χ4n) is 1.72. The number of fused-ring (bicyclic) bond motifs is 1. The highest BCUT2D eigenvalue weighted by Gasteiger charge is 2.24. The fourth-order valence-corrected chi connectivity index (χ4v) is 1.72. The lowest BCUT2D eigenvalue weighted by Gasteiger charge is -2.29. The molecule has 0 bridgehead atoms. The highest BCUT2D eigenvalue weighted by molar-refractivity contribution is 5.38. The van der Waals surface area contributed by atoms with E-state index in [-0.39, 0.29) is 12.1 Å². The van der Waals surface area contributed by atoms with Gasteiger partial charge >= 0.3 is 0 Å². The number of methoxy groups -OCH3 is 1. The second kappa shape index (κ2) is 3.59. The van der Waals surface area contributed by atoms with Crippen molar-refractivity contribution in [3.05, 3.63) is 29.3 Å². The van der Waals surface area contributed by atoms with Gasteiger partial charge in [-0.25, -0.2) is 0 Å². The summed E-state index contributed by atoms with van der Waals surface area (Å²) in [7, 11) is 1.66. The van der Waals surface area contributed by atoms with Gasteiger partial charge in [0, 0.05) is 0 Å². The molecule has 3 heteroatoms. The van der Waals surface area contributed by atoms with Crippen LogP contribution in [0.1, 0.15) is 24.1 Å². The molecule has 1 heterocycles. The van der Waals surface area contributed by atoms with Gasteiger partial charge in [0.1, 0.15) is 5.75 Å². The lowest BCUT2D eigenvalue weighted by Crippen LogP contribution is -2.31. The minimum Gasteiger partial charge on any atom is -0.497 e. The summed E-state index contributed by atoms with van der Waals surface area (Å²) < 4.78 is 10.7. The molecule has 1 aliphatic heterocycles. The van der Waals surface area contributed by atoms with Crippen LogP contribution < -0.4 is 10.5 Å². The Morgan fingerprint density at radius 1 is 1.50 bits per heavy atom. The first-order chi connectivity index (χ1) is 6.72. The molecule has 0 saturated carbocycles. The zero-order chi connectivity index (χ0) is 10.1. The Morgan fingerprint density at radius 2 is 2.29 bits per heavy atom. The molecule has 1 aromatic carbocycles. The Balaban J connectivity index is 2.41. The monoisotopic (exact) mass is 193 g/mol. The second-order valence-corrected chi connectivity index (χ2v) is 3.61. The number of ether oxygens (including phenoxy) is 2. The molecule has 0 aromatic heterocycles. The Bertz CT molecular complexity index is 338. The van der Waals surface area contributed by atoms with Crippen LogP contribution in [0.5, 0.6) is 5.75 Å². The summed E-state index contributed by atoms with van der Waals surface area (Å²) >= 11 is 0. The fraction of sp³-hybridized carbons (Fsp3) is 0.455. The van der Waals surface area contributed by atoms with Crippen molar-refractivity contribution in [3.8, 4) is 5.75 Å². The third-order valence-corrected chi connectivity index (χ3v) is 2.72. The van der Waals surface area contributed by atoms with Gasteiger partial charge in [-0.1, -0.05) is 6.07 Å². The normalized spacial score (nSPS) is 25.6. The van der Waals surface area contributed by atoms with E-state index >= 15 is 0 Å². The van der Waals surface area contributed by atoms with Gasteiger partial charge in [0.15, 0.2) is 0 Å². The SMILES string of the molecule is COc1ccc2c(c1)C(N)[C@H](C)OC2. The van der Waals surface area contributed by atoms with Crippen molar-refractivity contribution < 1.29 is 9.47 Å². The van der Waals surface area contributed by atoms with Gasteiger partial charge < -0.3 is 15.2 Å². The average Bonchev–Trinajstić information content (AvgIpc) is 2.23. The summed E-state index contributed by atoms with van der Waals surface area (Å²) in [4.78, 5) is 0. The summed E-state index contributed by atoms with van der Waals surface area (Å²) in [6, 6.07) is 5.90. The van der Waals surface area contributed by atoms with Crippen molar-refractivity contribution in [1.29, 1.82) is 0 Å². The second-order valence-electron chi connectivity index (χ2n) is 3.61. The van der Waals surface area contributed by atoms with Crippen LogP contribution in [0.15, 0.2) is 18.2 Å². The molecule has 0 saturated heterocycles. The smallest absolute Gasteiger partial charge is 0.119 e.